The number of para-hydroxylation sites is 1. The van der Waals surface area contributed by atoms with Crippen LogP contribution in [0.3, 0.4) is 0 Å². The number of thioether (sulfide) groups is 1. The third-order valence-corrected chi connectivity index (χ3v) is 3.81. The highest BCUT2D eigenvalue weighted by Crippen LogP contribution is 2.42. The molecule has 1 fully saturated rings. The fraction of sp³-hybridized carbons (Fsp3) is 0.357. The Morgan fingerprint density at radius 1 is 1.29 bits per heavy atom. The van der Waals surface area contributed by atoms with Gasteiger partial charge in [-0.25, -0.2) is 0 Å². The number of ether oxygens (including phenoxy) is 1. The van der Waals surface area contributed by atoms with Crippen LogP contribution in [0.5, 0.6) is 5.75 Å². The fourth-order valence-corrected chi connectivity index (χ4v) is 2.52. The minimum Gasteiger partial charge on any atom is -0.484 e. The molecule has 112 valence electrons. The molecule has 1 aromatic carbocycles. The number of halogens is 3. The second kappa shape index (κ2) is 5.63. The first-order valence-corrected chi connectivity index (χ1v) is 7.26. The molecule has 1 heterocycles. The minimum atomic E-state index is -4.34. The van der Waals surface area contributed by atoms with Crippen molar-refractivity contribution in [2.75, 3.05) is 0 Å². The van der Waals surface area contributed by atoms with E-state index in [1.54, 1.807) is 18.2 Å². The van der Waals surface area contributed by atoms with Crippen molar-refractivity contribution < 1.29 is 22.4 Å². The van der Waals surface area contributed by atoms with Crippen LogP contribution in [0.4, 0.5) is 13.2 Å². The van der Waals surface area contributed by atoms with E-state index in [9.17, 15) is 13.2 Å². The number of nitrogens with zero attached hydrogens (tertiary/aromatic N) is 1. The van der Waals surface area contributed by atoms with Crippen molar-refractivity contribution in [3.63, 3.8) is 0 Å². The third-order valence-electron chi connectivity index (χ3n) is 3.02. The molecule has 0 radical (unpaired) electrons. The highest BCUT2D eigenvalue weighted by molar-refractivity contribution is 8.00. The van der Waals surface area contributed by atoms with E-state index < -0.39 is 5.51 Å². The molecule has 1 aliphatic carbocycles. The molecule has 1 aliphatic rings. The van der Waals surface area contributed by atoms with Crippen LogP contribution in [0.2, 0.25) is 0 Å². The van der Waals surface area contributed by atoms with Crippen LogP contribution in [0.1, 0.15) is 30.2 Å². The Morgan fingerprint density at radius 2 is 2.05 bits per heavy atom. The predicted octanol–water partition coefficient (Wildman–Crippen LogP) is 4.74. The average molecular weight is 315 g/mol. The lowest BCUT2D eigenvalue weighted by Crippen LogP contribution is -2.01. The van der Waals surface area contributed by atoms with Gasteiger partial charge < -0.3 is 9.26 Å². The number of aromatic nitrogens is 1. The van der Waals surface area contributed by atoms with Crippen molar-refractivity contribution in [2.45, 2.75) is 35.8 Å². The molecule has 0 spiro atoms. The van der Waals surface area contributed by atoms with Gasteiger partial charge >= 0.3 is 5.51 Å². The van der Waals surface area contributed by atoms with Gasteiger partial charge in [-0.15, -0.1) is 0 Å². The molecule has 1 saturated carbocycles. The van der Waals surface area contributed by atoms with Crippen LogP contribution < -0.4 is 4.74 Å². The Hall–Kier alpha value is -1.63. The molecule has 1 aromatic heterocycles. The van der Waals surface area contributed by atoms with Crippen molar-refractivity contribution in [3.05, 3.63) is 41.8 Å². The quantitative estimate of drug-likeness (QED) is 0.746. The number of alkyl halides is 3. The summed E-state index contributed by atoms with van der Waals surface area (Å²) in [5.41, 5.74) is -3.45. The maximum Gasteiger partial charge on any atom is 0.446 e. The number of benzene rings is 1. The molecule has 0 bridgehead atoms. The van der Waals surface area contributed by atoms with Gasteiger partial charge in [0, 0.05) is 12.0 Å². The van der Waals surface area contributed by atoms with E-state index in [4.69, 9.17) is 9.26 Å². The standard InChI is InChI=1S/C14H12F3NO2S/c15-14(16,17)21-13-4-2-1-3-12(13)19-8-10-7-11(18-20-10)9-5-6-9/h1-4,7,9H,5-6,8H2. The Labute approximate surface area is 123 Å². The van der Waals surface area contributed by atoms with Gasteiger partial charge in [0.1, 0.15) is 12.4 Å². The summed E-state index contributed by atoms with van der Waals surface area (Å²) >= 11 is -0.189. The van der Waals surface area contributed by atoms with Gasteiger partial charge in [-0.2, -0.15) is 13.2 Å². The second-order valence-electron chi connectivity index (χ2n) is 4.78. The number of rotatable bonds is 5. The van der Waals surface area contributed by atoms with Crippen LogP contribution in [0.15, 0.2) is 39.8 Å². The Kier molecular flexibility index (Phi) is 3.84. The largest absolute Gasteiger partial charge is 0.484 e. The summed E-state index contributed by atoms with van der Waals surface area (Å²) in [6.45, 7) is 0.0646. The molecule has 0 aliphatic heterocycles. The molecule has 21 heavy (non-hydrogen) atoms. The Bertz CT molecular complexity index is 623. The van der Waals surface area contributed by atoms with E-state index in [-0.39, 0.29) is 29.0 Å². The van der Waals surface area contributed by atoms with E-state index in [1.807, 2.05) is 0 Å². The van der Waals surface area contributed by atoms with Crippen LogP contribution in [-0.2, 0) is 6.61 Å². The van der Waals surface area contributed by atoms with E-state index in [1.165, 1.54) is 12.1 Å². The van der Waals surface area contributed by atoms with Crippen molar-refractivity contribution >= 4 is 11.8 Å². The predicted molar refractivity (Wildman–Crippen MR) is 71.2 cm³/mol. The van der Waals surface area contributed by atoms with Gasteiger partial charge in [-0.1, -0.05) is 17.3 Å². The minimum absolute atomic E-state index is 0.0342. The first kappa shape index (κ1) is 14.3. The maximum atomic E-state index is 12.5. The van der Waals surface area contributed by atoms with Gasteiger partial charge in [-0.05, 0) is 36.7 Å². The summed E-state index contributed by atoms with van der Waals surface area (Å²) in [6, 6.07) is 7.86. The van der Waals surface area contributed by atoms with E-state index in [0.717, 1.165) is 18.5 Å². The molecular formula is C14H12F3NO2S. The number of hydrogen-bond donors (Lipinski definition) is 0. The van der Waals surface area contributed by atoms with E-state index in [2.05, 4.69) is 5.16 Å². The molecule has 3 rings (SSSR count). The highest BCUT2D eigenvalue weighted by Gasteiger charge is 2.31. The fourth-order valence-electron chi connectivity index (χ4n) is 1.90. The third kappa shape index (κ3) is 3.93. The SMILES string of the molecule is FC(F)(F)Sc1ccccc1OCc1cc(C2CC2)no1. The molecule has 7 heteroatoms. The van der Waals surface area contributed by atoms with Crippen LogP contribution in [0, 0.1) is 0 Å². The van der Waals surface area contributed by atoms with Gasteiger partial charge in [0.05, 0.1) is 10.6 Å². The first-order chi connectivity index (χ1) is 10.0. The van der Waals surface area contributed by atoms with Crippen LogP contribution in [0.25, 0.3) is 0 Å². The molecule has 0 amide bonds. The summed E-state index contributed by atoms with van der Waals surface area (Å²) in [4.78, 5) is 0.0342. The molecule has 0 saturated heterocycles. The van der Waals surface area contributed by atoms with Gasteiger partial charge in [0.25, 0.3) is 0 Å². The Morgan fingerprint density at radius 3 is 2.76 bits per heavy atom. The lowest BCUT2D eigenvalue weighted by Gasteiger charge is -2.11. The summed E-state index contributed by atoms with van der Waals surface area (Å²) in [5.74, 6) is 1.17. The molecular weight excluding hydrogens is 303 g/mol. The Balaban J connectivity index is 1.66. The summed E-state index contributed by atoms with van der Waals surface area (Å²) in [6.07, 6.45) is 2.22. The summed E-state index contributed by atoms with van der Waals surface area (Å²) in [5, 5.41) is 3.93. The van der Waals surface area contributed by atoms with Gasteiger partial charge in [0.15, 0.2) is 5.76 Å². The topological polar surface area (TPSA) is 35.3 Å². The molecule has 0 atom stereocenters. The van der Waals surface area contributed by atoms with Crippen molar-refractivity contribution in [1.82, 2.24) is 5.16 Å². The molecule has 0 unspecified atom stereocenters. The van der Waals surface area contributed by atoms with Crippen LogP contribution >= 0.6 is 11.8 Å². The zero-order chi connectivity index (χ0) is 14.9. The normalized spacial score (nSPS) is 15.2. The monoisotopic (exact) mass is 315 g/mol. The molecule has 2 aromatic rings. The van der Waals surface area contributed by atoms with Crippen molar-refractivity contribution in [2.24, 2.45) is 0 Å². The van der Waals surface area contributed by atoms with Crippen LogP contribution in [-0.4, -0.2) is 10.7 Å². The highest BCUT2D eigenvalue weighted by atomic mass is 32.2. The number of hydrogen-bond acceptors (Lipinski definition) is 4. The van der Waals surface area contributed by atoms with Gasteiger partial charge in [0.2, 0.25) is 0 Å². The van der Waals surface area contributed by atoms with E-state index >= 15 is 0 Å². The first-order valence-electron chi connectivity index (χ1n) is 6.44. The summed E-state index contributed by atoms with van der Waals surface area (Å²) in [7, 11) is 0. The maximum absolute atomic E-state index is 12.5. The lowest BCUT2D eigenvalue weighted by molar-refractivity contribution is -0.0329. The van der Waals surface area contributed by atoms with Crippen molar-refractivity contribution in [1.29, 1.82) is 0 Å². The van der Waals surface area contributed by atoms with Crippen molar-refractivity contribution in [3.8, 4) is 5.75 Å². The zero-order valence-corrected chi connectivity index (χ0v) is 11.7. The van der Waals surface area contributed by atoms with Gasteiger partial charge in [-0.3, -0.25) is 0 Å². The summed E-state index contributed by atoms with van der Waals surface area (Å²) < 4.78 is 47.9. The molecule has 0 N–H and O–H groups in total. The smallest absolute Gasteiger partial charge is 0.446 e. The average Bonchev–Trinajstić information content (AvgIpc) is 3.16. The lowest BCUT2D eigenvalue weighted by atomic mass is 10.3. The molecule has 3 nitrogen and oxygen atoms in total. The second-order valence-corrected chi connectivity index (χ2v) is 5.88. The van der Waals surface area contributed by atoms with E-state index in [0.29, 0.717) is 11.7 Å². The zero-order valence-electron chi connectivity index (χ0n) is 10.9.